The summed E-state index contributed by atoms with van der Waals surface area (Å²) in [4.78, 5) is 10.9. The van der Waals surface area contributed by atoms with Gasteiger partial charge < -0.3 is 14.6 Å². The summed E-state index contributed by atoms with van der Waals surface area (Å²) in [5, 5.41) is 9.61. The van der Waals surface area contributed by atoms with Crippen LogP contribution in [0.1, 0.15) is 19.4 Å². The number of aldehydes is 1. The van der Waals surface area contributed by atoms with E-state index in [0.717, 1.165) is 16.3 Å². The zero-order valence-corrected chi connectivity index (χ0v) is 10.5. The Balaban J connectivity index is 3.34. The predicted octanol–water partition coefficient (Wildman–Crippen LogP) is 2.64. The SMILES string of the molecule is COc1cc(Br)c(C(C)(C)C=O)cc1O. The second-order valence-electron chi connectivity index (χ2n) is 3.84. The van der Waals surface area contributed by atoms with Crippen LogP contribution in [0.5, 0.6) is 11.5 Å². The molecule has 0 saturated carbocycles. The Morgan fingerprint density at radius 2 is 2.07 bits per heavy atom. The lowest BCUT2D eigenvalue weighted by atomic mass is 9.86. The summed E-state index contributed by atoms with van der Waals surface area (Å²) in [7, 11) is 1.48. The molecule has 82 valence electrons. The lowest BCUT2D eigenvalue weighted by molar-refractivity contribution is -0.111. The topological polar surface area (TPSA) is 46.5 Å². The molecular weight excluding hydrogens is 260 g/mol. The van der Waals surface area contributed by atoms with Gasteiger partial charge in [-0.25, -0.2) is 0 Å². The number of halogens is 1. The maximum atomic E-state index is 10.9. The van der Waals surface area contributed by atoms with Gasteiger partial charge in [-0.15, -0.1) is 0 Å². The van der Waals surface area contributed by atoms with E-state index in [2.05, 4.69) is 15.9 Å². The Morgan fingerprint density at radius 3 is 2.53 bits per heavy atom. The van der Waals surface area contributed by atoms with E-state index in [1.807, 2.05) is 0 Å². The highest BCUT2D eigenvalue weighted by Crippen LogP contribution is 2.37. The molecule has 0 aliphatic heterocycles. The van der Waals surface area contributed by atoms with Gasteiger partial charge in [-0.1, -0.05) is 15.9 Å². The first-order chi connectivity index (χ1) is 6.92. The Bertz CT molecular complexity index is 386. The summed E-state index contributed by atoms with van der Waals surface area (Å²) < 4.78 is 5.70. The van der Waals surface area contributed by atoms with E-state index >= 15 is 0 Å². The highest BCUT2D eigenvalue weighted by atomic mass is 79.9. The van der Waals surface area contributed by atoms with Gasteiger partial charge in [0, 0.05) is 9.89 Å². The Labute approximate surface area is 97.2 Å². The number of phenolic OH excluding ortho intramolecular Hbond substituents is 1. The molecule has 1 N–H and O–H groups in total. The zero-order valence-electron chi connectivity index (χ0n) is 8.87. The van der Waals surface area contributed by atoms with Crippen molar-refractivity contribution >= 4 is 22.2 Å². The molecule has 0 aliphatic carbocycles. The van der Waals surface area contributed by atoms with Gasteiger partial charge in [0.05, 0.1) is 7.11 Å². The van der Waals surface area contributed by atoms with Crippen molar-refractivity contribution in [2.75, 3.05) is 7.11 Å². The fraction of sp³-hybridized carbons (Fsp3) is 0.364. The fourth-order valence-electron chi connectivity index (χ4n) is 1.26. The third kappa shape index (κ3) is 2.31. The van der Waals surface area contributed by atoms with E-state index in [0.29, 0.717) is 5.75 Å². The molecule has 0 atom stereocenters. The first kappa shape index (κ1) is 12.0. The second kappa shape index (κ2) is 4.23. The van der Waals surface area contributed by atoms with Crippen LogP contribution in [0.25, 0.3) is 0 Å². The van der Waals surface area contributed by atoms with E-state index in [9.17, 15) is 9.90 Å². The normalized spacial score (nSPS) is 11.2. The first-order valence-corrected chi connectivity index (χ1v) is 5.25. The second-order valence-corrected chi connectivity index (χ2v) is 4.70. The van der Waals surface area contributed by atoms with Crippen molar-refractivity contribution in [3.63, 3.8) is 0 Å². The molecule has 1 aromatic carbocycles. The molecule has 0 bridgehead atoms. The van der Waals surface area contributed by atoms with Crippen LogP contribution in [-0.2, 0) is 10.2 Å². The van der Waals surface area contributed by atoms with E-state index in [-0.39, 0.29) is 5.75 Å². The number of carbonyl (C=O) groups excluding carboxylic acids is 1. The van der Waals surface area contributed by atoms with Crippen LogP contribution in [0.2, 0.25) is 0 Å². The molecule has 0 heterocycles. The van der Waals surface area contributed by atoms with Crippen molar-refractivity contribution in [1.29, 1.82) is 0 Å². The molecule has 0 unspecified atom stereocenters. The number of rotatable bonds is 3. The Kier molecular flexibility index (Phi) is 3.39. The van der Waals surface area contributed by atoms with Gasteiger partial charge in [-0.05, 0) is 31.5 Å². The summed E-state index contributed by atoms with van der Waals surface area (Å²) in [6.07, 6.45) is 0.846. The number of methoxy groups -OCH3 is 1. The number of hydrogen-bond acceptors (Lipinski definition) is 3. The summed E-state index contributed by atoms with van der Waals surface area (Å²) in [5.41, 5.74) is 0.0959. The molecule has 0 saturated heterocycles. The van der Waals surface area contributed by atoms with Crippen LogP contribution in [0.3, 0.4) is 0 Å². The van der Waals surface area contributed by atoms with E-state index in [4.69, 9.17) is 4.74 Å². The molecule has 0 radical (unpaired) electrons. The Hall–Kier alpha value is -1.03. The van der Waals surface area contributed by atoms with E-state index in [1.54, 1.807) is 19.9 Å². The number of phenols is 1. The van der Waals surface area contributed by atoms with Crippen molar-refractivity contribution in [3.05, 3.63) is 22.2 Å². The van der Waals surface area contributed by atoms with E-state index < -0.39 is 5.41 Å². The number of ether oxygens (including phenoxy) is 1. The first-order valence-electron chi connectivity index (χ1n) is 4.45. The minimum Gasteiger partial charge on any atom is -0.504 e. The van der Waals surface area contributed by atoms with Crippen molar-refractivity contribution in [1.82, 2.24) is 0 Å². The maximum absolute atomic E-state index is 10.9. The molecule has 4 heteroatoms. The third-order valence-electron chi connectivity index (χ3n) is 2.26. The van der Waals surface area contributed by atoms with Gasteiger partial charge in [-0.2, -0.15) is 0 Å². The number of benzene rings is 1. The smallest absolute Gasteiger partial charge is 0.161 e. The summed E-state index contributed by atoms with van der Waals surface area (Å²) in [5.74, 6) is 0.415. The van der Waals surface area contributed by atoms with Gasteiger partial charge in [0.2, 0.25) is 0 Å². The van der Waals surface area contributed by atoms with Gasteiger partial charge in [-0.3, -0.25) is 0 Å². The molecule has 0 spiro atoms. The van der Waals surface area contributed by atoms with Crippen molar-refractivity contribution < 1.29 is 14.6 Å². The van der Waals surface area contributed by atoms with Crippen molar-refractivity contribution in [2.45, 2.75) is 19.3 Å². The average molecular weight is 273 g/mol. The third-order valence-corrected chi connectivity index (χ3v) is 2.91. The van der Waals surface area contributed by atoms with Crippen LogP contribution < -0.4 is 4.74 Å². The van der Waals surface area contributed by atoms with Crippen LogP contribution in [0.4, 0.5) is 0 Å². The predicted molar refractivity (Wildman–Crippen MR) is 61.4 cm³/mol. The van der Waals surface area contributed by atoms with Crippen LogP contribution in [0.15, 0.2) is 16.6 Å². The van der Waals surface area contributed by atoms with E-state index in [1.165, 1.54) is 13.2 Å². The lowest BCUT2D eigenvalue weighted by Gasteiger charge is -2.20. The van der Waals surface area contributed by atoms with Crippen molar-refractivity contribution in [2.24, 2.45) is 0 Å². The molecule has 3 nitrogen and oxygen atoms in total. The summed E-state index contributed by atoms with van der Waals surface area (Å²) in [6, 6.07) is 3.19. The molecule has 0 aliphatic rings. The van der Waals surface area contributed by atoms with Crippen LogP contribution in [0, 0.1) is 0 Å². The maximum Gasteiger partial charge on any atom is 0.161 e. The summed E-state index contributed by atoms with van der Waals surface area (Å²) >= 11 is 3.35. The van der Waals surface area contributed by atoms with Crippen molar-refractivity contribution in [3.8, 4) is 11.5 Å². The molecule has 1 rings (SSSR count). The Morgan fingerprint density at radius 1 is 1.47 bits per heavy atom. The molecule has 0 amide bonds. The number of aromatic hydroxyl groups is 1. The monoisotopic (exact) mass is 272 g/mol. The van der Waals surface area contributed by atoms with Gasteiger partial charge >= 0.3 is 0 Å². The van der Waals surface area contributed by atoms with Gasteiger partial charge in [0.15, 0.2) is 11.5 Å². The zero-order chi connectivity index (χ0) is 11.6. The minimum absolute atomic E-state index is 0.0330. The molecular formula is C11H13BrO3. The van der Waals surface area contributed by atoms with Gasteiger partial charge in [0.25, 0.3) is 0 Å². The van der Waals surface area contributed by atoms with Crippen LogP contribution in [-0.4, -0.2) is 18.5 Å². The van der Waals surface area contributed by atoms with Crippen LogP contribution >= 0.6 is 15.9 Å². The standard InChI is InChI=1S/C11H13BrO3/c1-11(2,6-13)7-4-9(14)10(15-3)5-8(7)12/h4-6,14H,1-3H3. The largest absolute Gasteiger partial charge is 0.504 e. The molecule has 0 fully saturated rings. The molecule has 1 aromatic rings. The lowest BCUT2D eigenvalue weighted by Crippen LogP contribution is -2.19. The summed E-state index contributed by atoms with van der Waals surface area (Å²) in [6.45, 7) is 3.57. The quantitative estimate of drug-likeness (QED) is 0.861. The molecule has 15 heavy (non-hydrogen) atoms. The number of carbonyl (C=O) groups is 1. The minimum atomic E-state index is -0.636. The molecule has 0 aromatic heterocycles. The number of hydrogen-bond donors (Lipinski definition) is 1. The average Bonchev–Trinajstić information content (AvgIpc) is 2.20. The highest BCUT2D eigenvalue weighted by molar-refractivity contribution is 9.10. The fourth-order valence-corrected chi connectivity index (χ4v) is 2.10. The van der Waals surface area contributed by atoms with Gasteiger partial charge in [0.1, 0.15) is 6.29 Å². The highest BCUT2D eigenvalue weighted by Gasteiger charge is 2.24.